The predicted molar refractivity (Wildman–Crippen MR) is 68.5 cm³/mol. The van der Waals surface area contributed by atoms with Crippen molar-refractivity contribution in [1.82, 2.24) is 5.32 Å². The monoisotopic (exact) mass is 263 g/mol. The van der Waals surface area contributed by atoms with Gasteiger partial charge in [0, 0.05) is 6.04 Å². The third kappa shape index (κ3) is 3.98. The highest BCUT2D eigenvalue weighted by atomic mass is 16.5. The van der Waals surface area contributed by atoms with Crippen LogP contribution in [0.15, 0.2) is 30.3 Å². The lowest BCUT2D eigenvalue weighted by Gasteiger charge is -2.12. The minimum Gasteiger partial charge on any atom is -0.481 e. The quantitative estimate of drug-likeness (QED) is 0.872. The lowest BCUT2D eigenvalue weighted by molar-refractivity contribution is -0.141. The molecule has 0 aliphatic heterocycles. The minimum absolute atomic E-state index is 0.0932. The summed E-state index contributed by atoms with van der Waals surface area (Å²) in [7, 11) is 0. The maximum absolute atomic E-state index is 11.6. The number of carbonyl (C=O) groups is 2. The third-order valence-electron chi connectivity index (χ3n) is 3.32. The third-order valence-corrected chi connectivity index (χ3v) is 3.32. The second kappa shape index (κ2) is 6.22. The van der Waals surface area contributed by atoms with Gasteiger partial charge in [-0.2, -0.15) is 0 Å². The molecule has 19 heavy (non-hydrogen) atoms. The SMILES string of the molecule is O=C(N[C@@H]1CC[C@@H](C(=O)O)C1)OCc1ccccc1. The number of alkyl carbamates (subject to hydrolysis) is 1. The van der Waals surface area contributed by atoms with Crippen molar-refractivity contribution in [2.45, 2.75) is 31.9 Å². The van der Waals surface area contributed by atoms with E-state index in [4.69, 9.17) is 9.84 Å². The lowest BCUT2D eigenvalue weighted by Crippen LogP contribution is -2.33. The van der Waals surface area contributed by atoms with Crippen molar-refractivity contribution < 1.29 is 19.4 Å². The van der Waals surface area contributed by atoms with Gasteiger partial charge in [0.25, 0.3) is 0 Å². The second-order valence-corrected chi connectivity index (χ2v) is 4.75. The van der Waals surface area contributed by atoms with Crippen molar-refractivity contribution in [2.24, 2.45) is 5.92 Å². The number of amides is 1. The van der Waals surface area contributed by atoms with Gasteiger partial charge in [0.15, 0.2) is 0 Å². The molecule has 0 aromatic heterocycles. The lowest BCUT2D eigenvalue weighted by atomic mass is 10.1. The topological polar surface area (TPSA) is 75.6 Å². The van der Waals surface area contributed by atoms with E-state index < -0.39 is 12.1 Å². The molecule has 0 spiro atoms. The fraction of sp³-hybridized carbons (Fsp3) is 0.429. The second-order valence-electron chi connectivity index (χ2n) is 4.75. The number of carboxylic acids is 1. The first-order valence-corrected chi connectivity index (χ1v) is 6.35. The fourth-order valence-electron chi connectivity index (χ4n) is 2.27. The Bertz CT molecular complexity index is 446. The normalized spacial score (nSPS) is 21.9. The van der Waals surface area contributed by atoms with E-state index in [2.05, 4.69) is 5.32 Å². The molecule has 102 valence electrons. The van der Waals surface area contributed by atoms with Crippen molar-refractivity contribution in [2.75, 3.05) is 0 Å². The Labute approximate surface area is 111 Å². The molecule has 5 nitrogen and oxygen atoms in total. The van der Waals surface area contributed by atoms with Crippen LogP contribution < -0.4 is 5.32 Å². The van der Waals surface area contributed by atoms with E-state index in [1.165, 1.54) is 0 Å². The molecule has 1 aromatic carbocycles. The molecule has 0 radical (unpaired) electrons. The zero-order chi connectivity index (χ0) is 13.7. The summed E-state index contributed by atoms with van der Waals surface area (Å²) in [5.41, 5.74) is 0.924. The molecule has 1 aliphatic carbocycles. The number of aliphatic carboxylic acids is 1. The first-order chi connectivity index (χ1) is 9.15. The highest BCUT2D eigenvalue weighted by Gasteiger charge is 2.30. The van der Waals surface area contributed by atoms with E-state index in [9.17, 15) is 9.59 Å². The number of hydrogen-bond acceptors (Lipinski definition) is 3. The zero-order valence-corrected chi connectivity index (χ0v) is 10.5. The fourth-order valence-corrected chi connectivity index (χ4v) is 2.27. The molecule has 2 rings (SSSR count). The van der Waals surface area contributed by atoms with Crippen LogP contribution in [0.3, 0.4) is 0 Å². The maximum Gasteiger partial charge on any atom is 0.407 e. The van der Waals surface area contributed by atoms with E-state index in [-0.39, 0.29) is 18.6 Å². The van der Waals surface area contributed by atoms with Crippen molar-refractivity contribution in [1.29, 1.82) is 0 Å². The number of benzene rings is 1. The summed E-state index contributed by atoms with van der Waals surface area (Å²) in [5.74, 6) is -1.14. The van der Waals surface area contributed by atoms with Crippen LogP contribution in [0.4, 0.5) is 4.79 Å². The summed E-state index contributed by atoms with van der Waals surface area (Å²) in [6.07, 6.45) is 1.30. The largest absolute Gasteiger partial charge is 0.481 e. The van der Waals surface area contributed by atoms with Gasteiger partial charge in [0.05, 0.1) is 5.92 Å². The Morgan fingerprint density at radius 1 is 1.26 bits per heavy atom. The van der Waals surface area contributed by atoms with E-state index in [0.717, 1.165) is 5.56 Å². The molecule has 5 heteroatoms. The van der Waals surface area contributed by atoms with Crippen LogP contribution >= 0.6 is 0 Å². The van der Waals surface area contributed by atoms with Crippen molar-refractivity contribution >= 4 is 12.1 Å². The van der Waals surface area contributed by atoms with Gasteiger partial charge in [0.1, 0.15) is 6.61 Å². The summed E-state index contributed by atoms with van der Waals surface area (Å²) in [6.45, 7) is 0.224. The molecular weight excluding hydrogens is 246 g/mol. The summed E-state index contributed by atoms with van der Waals surface area (Å²) >= 11 is 0. The number of carboxylic acid groups (broad SMARTS) is 1. The molecule has 0 heterocycles. The summed E-state index contributed by atoms with van der Waals surface area (Å²) in [6, 6.07) is 9.32. The molecule has 1 aliphatic rings. The Morgan fingerprint density at radius 3 is 2.63 bits per heavy atom. The van der Waals surface area contributed by atoms with Crippen LogP contribution in [0.1, 0.15) is 24.8 Å². The average molecular weight is 263 g/mol. The number of ether oxygens (including phenoxy) is 1. The van der Waals surface area contributed by atoms with E-state index >= 15 is 0 Å². The van der Waals surface area contributed by atoms with Crippen LogP contribution in [0.5, 0.6) is 0 Å². The Hall–Kier alpha value is -2.04. The van der Waals surface area contributed by atoms with Crippen molar-refractivity contribution in [3.8, 4) is 0 Å². The predicted octanol–water partition coefficient (Wildman–Crippen LogP) is 2.17. The summed E-state index contributed by atoms with van der Waals surface area (Å²) in [5, 5.41) is 11.6. The van der Waals surface area contributed by atoms with E-state index in [1.807, 2.05) is 30.3 Å². The Kier molecular flexibility index (Phi) is 4.39. The molecular formula is C14H17NO4. The standard InChI is InChI=1S/C14H17NO4/c16-13(17)11-6-7-12(8-11)15-14(18)19-9-10-4-2-1-3-5-10/h1-5,11-12H,6-9H2,(H,15,18)(H,16,17)/t11-,12-/m1/s1. The van der Waals surface area contributed by atoms with Crippen molar-refractivity contribution in [3.05, 3.63) is 35.9 Å². The molecule has 1 fully saturated rings. The van der Waals surface area contributed by atoms with Gasteiger partial charge in [-0.3, -0.25) is 4.79 Å². The molecule has 2 atom stereocenters. The minimum atomic E-state index is -0.790. The van der Waals surface area contributed by atoms with Crippen molar-refractivity contribution in [3.63, 3.8) is 0 Å². The van der Waals surface area contributed by atoms with Gasteiger partial charge >= 0.3 is 12.1 Å². The average Bonchev–Trinajstić information content (AvgIpc) is 2.86. The molecule has 1 aromatic rings. The first kappa shape index (κ1) is 13.4. The molecule has 0 unspecified atom stereocenters. The Balaban J connectivity index is 1.72. The highest BCUT2D eigenvalue weighted by molar-refractivity contribution is 5.71. The first-order valence-electron chi connectivity index (χ1n) is 6.35. The smallest absolute Gasteiger partial charge is 0.407 e. The van der Waals surface area contributed by atoms with Crippen LogP contribution in [0.2, 0.25) is 0 Å². The molecule has 2 N–H and O–H groups in total. The van der Waals surface area contributed by atoms with Crippen LogP contribution in [-0.4, -0.2) is 23.2 Å². The van der Waals surface area contributed by atoms with E-state index in [0.29, 0.717) is 19.3 Å². The van der Waals surface area contributed by atoms with Gasteiger partial charge < -0.3 is 15.2 Å². The number of nitrogens with one attached hydrogen (secondary N) is 1. The molecule has 1 saturated carbocycles. The number of rotatable bonds is 4. The van der Waals surface area contributed by atoms with Crippen LogP contribution in [0, 0.1) is 5.92 Å². The van der Waals surface area contributed by atoms with Gasteiger partial charge in [0.2, 0.25) is 0 Å². The maximum atomic E-state index is 11.6. The number of carbonyl (C=O) groups excluding carboxylic acids is 1. The highest BCUT2D eigenvalue weighted by Crippen LogP contribution is 2.25. The summed E-state index contributed by atoms with van der Waals surface area (Å²) < 4.78 is 5.09. The molecule has 0 bridgehead atoms. The van der Waals surface area contributed by atoms with Gasteiger partial charge in [-0.15, -0.1) is 0 Å². The van der Waals surface area contributed by atoms with Gasteiger partial charge in [-0.25, -0.2) is 4.79 Å². The number of hydrogen-bond donors (Lipinski definition) is 2. The van der Waals surface area contributed by atoms with Gasteiger partial charge in [-0.1, -0.05) is 30.3 Å². The van der Waals surface area contributed by atoms with Crippen LogP contribution in [0.25, 0.3) is 0 Å². The Morgan fingerprint density at radius 2 is 2.00 bits per heavy atom. The summed E-state index contributed by atoms with van der Waals surface area (Å²) in [4.78, 5) is 22.4. The molecule has 0 saturated heterocycles. The van der Waals surface area contributed by atoms with Crippen LogP contribution in [-0.2, 0) is 16.1 Å². The zero-order valence-electron chi connectivity index (χ0n) is 10.5. The van der Waals surface area contributed by atoms with Gasteiger partial charge in [-0.05, 0) is 24.8 Å². The molecule has 1 amide bonds. The van der Waals surface area contributed by atoms with E-state index in [1.54, 1.807) is 0 Å².